The monoisotopic (exact) mass is 342 g/mol. The molecule has 1 aliphatic rings. The molecule has 1 aliphatic heterocycles. The van der Waals surface area contributed by atoms with Crippen LogP contribution in [0.4, 0.5) is 10.5 Å². The lowest BCUT2D eigenvalue weighted by Crippen LogP contribution is -2.43. The quantitative estimate of drug-likeness (QED) is 0.747. The van der Waals surface area contributed by atoms with Crippen LogP contribution in [0.25, 0.3) is 0 Å². The van der Waals surface area contributed by atoms with Crippen LogP contribution in [0, 0.1) is 0 Å². The Labute approximate surface area is 141 Å². The Balaban J connectivity index is 1.95. The first-order chi connectivity index (χ1) is 11.1. The first kappa shape index (κ1) is 17.8. The third kappa shape index (κ3) is 5.27. The van der Waals surface area contributed by atoms with Gasteiger partial charge in [-0.25, -0.2) is 4.79 Å². The van der Waals surface area contributed by atoms with Gasteiger partial charge < -0.3 is 24.8 Å². The number of hydrogen-bond acceptors (Lipinski definition) is 4. The van der Waals surface area contributed by atoms with Gasteiger partial charge in [-0.2, -0.15) is 0 Å². The van der Waals surface area contributed by atoms with Gasteiger partial charge in [-0.3, -0.25) is 0 Å². The summed E-state index contributed by atoms with van der Waals surface area (Å²) in [4.78, 5) is 12.2. The first-order valence-corrected chi connectivity index (χ1v) is 8.09. The third-order valence-corrected chi connectivity index (χ3v) is 3.93. The van der Waals surface area contributed by atoms with Gasteiger partial charge in [0.05, 0.1) is 29.5 Å². The molecule has 23 heavy (non-hydrogen) atoms. The zero-order valence-corrected chi connectivity index (χ0v) is 14.2. The molecule has 6 nitrogen and oxygen atoms in total. The number of rotatable bonds is 7. The normalized spacial score (nSPS) is 18.5. The second-order valence-electron chi connectivity index (χ2n) is 5.40. The van der Waals surface area contributed by atoms with Crippen molar-refractivity contribution in [3.8, 4) is 5.75 Å². The van der Waals surface area contributed by atoms with Gasteiger partial charge >= 0.3 is 6.03 Å². The number of urea groups is 1. The minimum Gasteiger partial charge on any atom is -0.487 e. The van der Waals surface area contributed by atoms with E-state index in [-0.39, 0.29) is 18.2 Å². The van der Waals surface area contributed by atoms with Gasteiger partial charge in [0.25, 0.3) is 0 Å². The van der Waals surface area contributed by atoms with Crippen LogP contribution in [0.2, 0.25) is 5.02 Å². The SMILES string of the molecule is COCCOc1c(Cl)cccc1NC(=O)N[C@@H](C)[C@H]1CCCO1. The molecule has 2 N–H and O–H groups in total. The highest BCUT2D eigenvalue weighted by atomic mass is 35.5. The summed E-state index contributed by atoms with van der Waals surface area (Å²) in [6, 6.07) is 4.83. The molecule has 7 heteroatoms. The molecule has 0 saturated carbocycles. The van der Waals surface area contributed by atoms with Gasteiger partial charge in [0, 0.05) is 13.7 Å². The molecular formula is C16H23ClN2O4. The number of carbonyl (C=O) groups excluding carboxylic acids is 1. The first-order valence-electron chi connectivity index (χ1n) is 7.71. The Kier molecular flexibility index (Phi) is 6.95. The van der Waals surface area contributed by atoms with E-state index in [2.05, 4.69) is 10.6 Å². The number of methoxy groups -OCH3 is 1. The van der Waals surface area contributed by atoms with Gasteiger partial charge in [-0.1, -0.05) is 17.7 Å². The van der Waals surface area contributed by atoms with E-state index in [1.165, 1.54) is 0 Å². The third-order valence-electron chi connectivity index (χ3n) is 3.63. The van der Waals surface area contributed by atoms with Gasteiger partial charge in [0.15, 0.2) is 5.75 Å². The number of nitrogens with one attached hydrogen (secondary N) is 2. The fraction of sp³-hybridized carbons (Fsp3) is 0.562. The molecule has 0 spiro atoms. The molecule has 1 aromatic carbocycles. The van der Waals surface area contributed by atoms with Gasteiger partial charge in [-0.15, -0.1) is 0 Å². The summed E-state index contributed by atoms with van der Waals surface area (Å²) in [5.74, 6) is 0.436. The lowest BCUT2D eigenvalue weighted by Gasteiger charge is -2.21. The maximum Gasteiger partial charge on any atom is 0.319 e. The van der Waals surface area contributed by atoms with Crippen molar-refractivity contribution >= 4 is 23.3 Å². The molecule has 2 amide bonds. The maximum absolute atomic E-state index is 12.2. The van der Waals surface area contributed by atoms with E-state index in [0.29, 0.717) is 29.7 Å². The minimum atomic E-state index is -0.313. The van der Waals surface area contributed by atoms with Crippen LogP contribution in [0.15, 0.2) is 18.2 Å². The largest absolute Gasteiger partial charge is 0.487 e. The van der Waals surface area contributed by atoms with E-state index < -0.39 is 0 Å². The number of ether oxygens (including phenoxy) is 3. The van der Waals surface area contributed by atoms with Crippen molar-refractivity contribution < 1.29 is 19.0 Å². The molecule has 0 aromatic heterocycles. The van der Waals surface area contributed by atoms with Gasteiger partial charge in [0.1, 0.15) is 6.61 Å². The molecule has 0 radical (unpaired) electrons. The molecule has 1 heterocycles. The van der Waals surface area contributed by atoms with Crippen molar-refractivity contribution in [1.82, 2.24) is 5.32 Å². The lowest BCUT2D eigenvalue weighted by molar-refractivity contribution is 0.0868. The second kappa shape index (κ2) is 8.96. The number of halogens is 1. The van der Waals surface area contributed by atoms with Crippen LogP contribution >= 0.6 is 11.6 Å². The Morgan fingerprint density at radius 2 is 2.30 bits per heavy atom. The summed E-state index contributed by atoms with van der Waals surface area (Å²) >= 11 is 6.14. The molecular weight excluding hydrogens is 320 g/mol. The Bertz CT molecular complexity index is 521. The van der Waals surface area contributed by atoms with Crippen molar-refractivity contribution in [2.24, 2.45) is 0 Å². The van der Waals surface area contributed by atoms with Gasteiger partial charge in [-0.05, 0) is 31.9 Å². The molecule has 2 atom stereocenters. The summed E-state index contributed by atoms with van der Waals surface area (Å²) in [5.41, 5.74) is 0.519. The van der Waals surface area contributed by atoms with E-state index in [0.717, 1.165) is 19.4 Å². The molecule has 0 bridgehead atoms. The van der Waals surface area contributed by atoms with Crippen molar-refractivity contribution in [2.45, 2.75) is 31.9 Å². The summed E-state index contributed by atoms with van der Waals surface area (Å²) in [6.07, 6.45) is 2.06. The van der Waals surface area contributed by atoms with Gasteiger partial charge in [0.2, 0.25) is 0 Å². The number of carbonyl (C=O) groups is 1. The van der Waals surface area contributed by atoms with Crippen LogP contribution in [0.3, 0.4) is 0 Å². The summed E-state index contributed by atoms with van der Waals surface area (Å²) in [6.45, 7) is 3.48. The fourth-order valence-electron chi connectivity index (χ4n) is 2.44. The maximum atomic E-state index is 12.2. The van der Waals surface area contributed by atoms with Crippen LogP contribution in [0.1, 0.15) is 19.8 Å². The van der Waals surface area contributed by atoms with E-state index in [4.69, 9.17) is 25.8 Å². The number of para-hydroxylation sites is 1. The second-order valence-corrected chi connectivity index (χ2v) is 5.80. The number of hydrogen-bond donors (Lipinski definition) is 2. The smallest absolute Gasteiger partial charge is 0.319 e. The van der Waals surface area contributed by atoms with Crippen LogP contribution in [-0.4, -0.2) is 45.1 Å². The van der Waals surface area contributed by atoms with Crippen molar-refractivity contribution in [1.29, 1.82) is 0 Å². The number of benzene rings is 1. The average Bonchev–Trinajstić information content (AvgIpc) is 3.04. The van der Waals surface area contributed by atoms with E-state index >= 15 is 0 Å². The molecule has 2 rings (SSSR count). The van der Waals surface area contributed by atoms with E-state index in [1.807, 2.05) is 6.92 Å². The summed E-state index contributed by atoms with van der Waals surface area (Å²) in [7, 11) is 1.59. The summed E-state index contributed by atoms with van der Waals surface area (Å²) in [5, 5.41) is 6.10. The Morgan fingerprint density at radius 3 is 3.00 bits per heavy atom. The molecule has 0 aliphatic carbocycles. The Hall–Kier alpha value is -1.50. The number of amides is 2. The van der Waals surface area contributed by atoms with E-state index in [1.54, 1.807) is 25.3 Å². The molecule has 1 saturated heterocycles. The van der Waals surface area contributed by atoms with Crippen LogP contribution in [0.5, 0.6) is 5.75 Å². The highest BCUT2D eigenvalue weighted by Gasteiger charge is 2.24. The fourth-order valence-corrected chi connectivity index (χ4v) is 2.67. The molecule has 0 unspecified atom stereocenters. The number of anilines is 1. The topological polar surface area (TPSA) is 68.8 Å². The van der Waals surface area contributed by atoms with Crippen LogP contribution in [-0.2, 0) is 9.47 Å². The predicted molar refractivity (Wildman–Crippen MR) is 89.4 cm³/mol. The Morgan fingerprint density at radius 1 is 1.48 bits per heavy atom. The highest BCUT2D eigenvalue weighted by Crippen LogP contribution is 2.32. The van der Waals surface area contributed by atoms with Crippen molar-refractivity contribution in [3.05, 3.63) is 23.2 Å². The van der Waals surface area contributed by atoms with E-state index in [9.17, 15) is 4.79 Å². The molecule has 1 aromatic rings. The zero-order chi connectivity index (χ0) is 16.7. The standard InChI is InChI=1S/C16H23ClN2O4/c1-11(14-7-4-8-22-14)18-16(20)19-13-6-3-5-12(17)15(13)23-10-9-21-2/h3,5-6,11,14H,4,7-10H2,1-2H3,(H2,18,19,20)/t11-,14+/m0/s1. The van der Waals surface area contributed by atoms with Crippen molar-refractivity contribution in [3.63, 3.8) is 0 Å². The lowest BCUT2D eigenvalue weighted by atomic mass is 10.1. The zero-order valence-electron chi connectivity index (χ0n) is 13.4. The average molecular weight is 343 g/mol. The summed E-state index contributed by atoms with van der Waals surface area (Å²) < 4.78 is 16.1. The predicted octanol–water partition coefficient (Wildman–Crippen LogP) is 3.05. The highest BCUT2D eigenvalue weighted by molar-refractivity contribution is 6.32. The molecule has 128 valence electrons. The molecule has 1 fully saturated rings. The minimum absolute atomic E-state index is 0.0606. The van der Waals surface area contributed by atoms with Crippen LogP contribution < -0.4 is 15.4 Å². The van der Waals surface area contributed by atoms with Crippen molar-refractivity contribution in [2.75, 3.05) is 32.2 Å².